The van der Waals surface area contributed by atoms with Gasteiger partial charge in [0, 0.05) is 11.3 Å². The van der Waals surface area contributed by atoms with Crippen molar-refractivity contribution in [1.29, 1.82) is 0 Å². The molecular formula is C37H50O5. The number of esters is 1. The second-order valence-corrected chi connectivity index (χ2v) is 17.0. The van der Waals surface area contributed by atoms with Gasteiger partial charge in [-0.1, -0.05) is 77.4 Å². The Kier molecular flexibility index (Phi) is 6.03. The van der Waals surface area contributed by atoms with E-state index < -0.39 is 11.5 Å². The monoisotopic (exact) mass is 574 g/mol. The van der Waals surface area contributed by atoms with Crippen molar-refractivity contribution in [2.75, 3.05) is 0 Å². The maximum absolute atomic E-state index is 14.6. The van der Waals surface area contributed by atoms with E-state index in [-0.39, 0.29) is 68.8 Å². The van der Waals surface area contributed by atoms with Crippen LogP contribution < -0.4 is 0 Å². The zero-order valence-corrected chi connectivity index (χ0v) is 26.7. The van der Waals surface area contributed by atoms with Gasteiger partial charge in [-0.25, -0.2) is 0 Å². The number of hydrogen-bond acceptors (Lipinski definition) is 5. The quantitative estimate of drug-likeness (QED) is 0.309. The van der Waals surface area contributed by atoms with E-state index in [0.29, 0.717) is 6.61 Å². The van der Waals surface area contributed by atoms with Crippen molar-refractivity contribution in [1.82, 2.24) is 0 Å². The highest BCUT2D eigenvalue weighted by Gasteiger charge is 2.77. The maximum atomic E-state index is 14.6. The summed E-state index contributed by atoms with van der Waals surface area (Å²) in [6.45, 7) is 16.3. The number of rotatable bonds is 3. The van der Waals surface area contributed by atoms with Crippen LogP contribution in [0.3, 0.4) is 0 Å². The standard InChI is InChI=1S/C37H50O5/c1-32(2)26-13-14-36(6)28(37(26,7)30-27(42-30)29(32)39)25(38)19-23-24-20-34(4,16-15-33(24,3)17-18-35(23,36)5)31(40)41-21-22-11-9-8-10-12-22/h8-12,19,24,26-30,39H,13-18,20-21H2,1-7H3/t24?,26?,27-,28?,29-,30-,33-,34+,35-,36-,37+/m1/s1. The molecule has 0 amide bonds. The van der Waals surface area contributed by atoms with E-state index in [9.17, 15) is 14.7 Å². The van der Waals surface area contributed by atoms with Gasteiger partial charge in [-0.3, -0.25) is 9.59 Å². The number of benzene rings is 1. The molecule has 5 nitrogen and oxygen atoms in total. The van der Waals surface area contributed by atoms with Crippen LogP contribution in [0.2, 0.25) is 0 Å². The molecule has 5 heteroatoms. The van der Waals surface area contributed by atoms with Gasteiger partial charge in [0.05, 0.1) is 17.6 Å². The van der Waals surface area contributed by atoms with Crippen molar-refractivity contribution in [3.05, 3.63) is 47.5 Å². The van der Waals surface area contributed by atoms with Crippen molar-refractivity contribution < 1.29 is 24.2 Å². The zero-order chi connectivity index (χ0) is 30.1. The van der Waals surface area contributed by atoms with Gasteiger partial charge < -0.3 is 14.6 Å². The first-order valence-corrected chi connectivity index (χ1v) is 16.4. The third-order valence-corrected chi connectivity index (χ3v) is 14.6. The van der Waals surface area contributed by atoms with Gasteiger partial charge >= 0.3 is 5.97 Å². The average Bonchev–Trinajstić information content (AvgIpc) is 3.75. The van der Waals surface area contributed by atoms with Crippen LogP contribution >= 0.6 is 0 Å². The molecule has 7 rings (SSSR count). The molecule has 11 atom stereocenters. The SMILES string of the molecule is CC1(C)C2CC[C@]3(C)C(C(=O)C=C4C5C[C@@](C)(C(=O)OCc6ccccc6)CC[C@]5(C)CC[C@]43C)[C@@]2(C)[C@@H]2O[C@@H]2[C@H]1O. The lowest BCUT2D eigenvalue weighted by Crippen LogP contribution is -2.68. The van der Waals surface area contributed by atoms with E-state index in [2.05, 4.69) is 54.5 Å². The van der Waals surface area contributed by atoms with Crippen LogP contribution in [0.25, 0.3) is 0 Å². The molecule has 0 radical (unpaired) electrons. The van der Waals surface area contributed by atoms with Crippen molar-refractivity contribution >= 4 is 11.8 Å². The Morgan fingerprint density at radius 2 is 1.67 bits per heavy atom. The first-order chi connectivity index (χ1) is 19.6. The number of allylic oxidation sites excluding steroid dienone is 2. The van der Waals surface area contributed by atoms with Gasteiger partial charge in [-0.2, -0.15) is 0 Å². The summed E-state index contributed by atoms with van der Waals surface area (Å²) in [5.74, 6) is 0.424. The highest BCUT2D eigenvalue weighted by Crippen LogP contribution is 2.76. The number of ketones is 1. The van der Waals surface area contributed by atoms with Crippen LogP contribution in [0.15, 0.2) is 42.0 Å². The zero-order valence-electron chi connectivity index (χ0n) is 26.7. The average molecular weight is 575 g/mol. The summed E-state index contributed by atoms with van der Waals surface area (Å²) >= 11 is 0. The molecule has 42 heavy (non-hydrogen) atoms. The van der Waals surface area contributed by atoms with E-state index in [1.165, 1.54) is 5.57 Å². The Bertz CT molecular complexity index is 1350. The first-order valence-electron chi connectivity index (χ1n) is 16.4. The number of ether oxygens (including phenoxy) is 2. The lowest BCUT2D eigenvalue weighted by molar-refractivity contribution is -0.195. The predicted molar refractivity (Wildman–Crippen MR) is 161 cm³/mol. The third-order valence-electron chi connectivity index (χ3n) is 14.6. The van der Waals surface area contributed by atoms with Gasteiger partial charge in [-0.05, 0) is 97.0 Å². The number of epoxide rings is 1. The van der Waals surface area contributed by atoms with Gasteiger partial charge in [-0.15, -0.1) is 0 Å². The molecule has 4 saturated carbocycles. The summed E-state index contributed by atoms with van der Waals surface area (Å²) in [7, 11) is 0. The molecule has 5 aliphatic carbocycles. The number of aliphatic hydroxyl groups excluding tert-OH is 1. The Hall–Kier alpha value is -1.98. The topological polar surface area (TPSA) is 76.1 Å². The van der Waals surface area contributed by atoms with Crippen molar-refractivity contribution in [3.63, 3.8) is 0 Å². The van der Waals surface area contributed by atoms with Crippen molar-refractivity contribution in [3.8, 4) is 0 Å². The van der Waals surface area contributed by atoms with E-state index in [1.54, 1.807) is 0 Å². The van der Waals surface area contributed by atoms with Crippen LogP contribution in [-0.4, -0.2) is 35.2 Å². The van der Waals surface area contributed by atoms with Crippen LogP contribution in [0.4, 0.5) is 0 Å². The molecule has 1 N–H and O–H groups in total. The van der Waals surface area contributed by atoms with Gasteiger partial charge in [0.2, 0.25) is 0 Å². The Morgan fingerprint density at radius 1 is 0.976 bits per heavy atom. The maximum Gasteiger partial charge on any atom is 0.312 e. The lowest BCUT2D eigenvalue weighted by atomic mass is 9.33. The molecule has 1 aliphatic heterocycles. The second-order valence-electron chi connectivity index (χ2n) is 17.0. The van der Waals surface area contributed by atoms with Crippen LogP contribution in [-0.2, 0) is 25.7 Å². The third kappa shape index (κ3) is 3.56. The first kappa shape index (κ1) is 28.8. The smallest absolute Gasteiger partial charge is 0.312 e. The Balaban J connectivity index is 1.23. The van der Waals surface area contributed by atoms with Crippen LogP contribution in [0, 0.1) is 50.2 Å². The molecule has 0 bridgehead atoms. The fourth-order valence-electron chi connectivity index (χ4n) is 11.6. The molecule has 1 saturated heterocycles. The molecule has 228 valence electrons. The fraction of sp³-hybridized carbons (Fsp3) is 0.730. The summed E-state index contributed by atoms with van der Waals surface area (Å²) in [6, 6.07) is 9.90. The summed E-state index contributed by atoms with van der Waals surface area (Å²) in [5.41, 5.74) is 0.896. The van der Waals surface area contributed by atoms with Gasteiger partial charge in [0.1, 0.15) is 12.7 Å². The Morgan fingerprint density at radius 3 is 2.38 bits per heavy atom. The minimum Gasteiger partial charge on any atom is -0.460 e. The summed E-state index contributed by atoms with van der Waals surface area (Å²) in [4.78, 5) is 28.2. The lowest BCUT2D eigenvalue weighted by Gasteiger charge is -2.69. The van der Waals surface area contributed by atoms with E-state index in [1.807, 2.05) is 30.3 Å². The summed E-state index contributed by atoms with van der Waals surface area (Å²) < 4.78 is 12.2. The fourth-order valence-corrected chi connectivity index (χ4v) is 11.6. The summed E-state index contributed by atoms with van der Waals surface area (Å²) in [6.07, 6.45) is 8.05. The van der Waals surface area contributed by atoms with Crippen molar-refractivity contribution in [2.45, 2.75) is 118 Å². The number of aliphatic hydroxyl groups is 1. The number of carbonyl (C=O) groups excluding carboxylic acids is 2. The van der Waals surface area contributed by atoms with Gasteiger partial charge in [0.25, 0.3) is 0 Å². The van der Waals surface area contributed by atoms with E-state index >= 15 is 0 Å². The number of hydrogen-bond donors (Lipinski definition) is 1. The predicted octanol–water partition coefficient (Wildman–Crippen LogP) is 7.06. The normalized spacial score (nSPS) is 50.2. The Labute approximate surface area is 251 Å². The number of fused-ring (bicyclic) bond motifs is 9. The van der Waals surface area contributed by atoms with Crippen LogP contribution in [0.5, 0.6) is 0 Å². The molecule has 6 aliphatic rings. The van der Waals surface area contributed by atoms with E-state index in [0.717, 1.165) is 50.5 Å². The molecule has 1 heterocycles. The molecule has 0 spiro atoms. The van der Waals surface area contributed by atoms with Crippen molar-refractivity contribution in [2.24, 2.45) is 50.2 Å². The highest BCUT2D eigenvalue weighted by molar-refractivity contribution is 5.96. The molecule has 0 aromatic heterocycles. The summed E-state index contributed by atoms with van der Waals surface area (Å²) in [5, 5.41) is 11.2. The largest absolute Gasteiger partial charge is 0.460 e. The van der Waals surface area contributed by atoms with Crippen LogP contribution in [0.1, 0.15) is 99.0 Å². The second kappa shape index (κ2) is 8.81. The molecule has 1 aromatic rings. The number of carbonyl (C=O) groups is 2. The van der Waals surface area contributed by atoms with Gasteiger partial charge in [0.15, 0.2) is 5.78 Å². The molecular weight excluding hydrogens is 524 g/mol. The minimum atomic E-state index is -0.568. The highest BCUT2D eigenvalue weighted by atomic mass is 16.6. The minimum absolute atomic E-state index is 0.0520. The molecule has 3 unspecified atom stereocenters. The molecule has 1 aromatic carbocycles. The molecule has 5 fully saturated rings. The van der Waals surface area contributed by atoms with E-state index in [4.69, 9.17) is 9.47 Å².